The third kappa shape index (κ3) is 5.77. The van der Waals surface area contributed by atoms with Crippen molar-refractivity contribution in [2.24, 2.45) is 0 Å². The molecule has 0 unspecified atom stereocenters. The Kier molecular flexibility index (Phi) is 8.40. The molecule has 0 fully saturated rings. The number of para-hydroxylation sites is 1. The van der Waals surface area contributed by atoms with Gasteiger partial charge in [-0.2, -0.15) is 0 Å². The van der Waals surface area contributed by atoms with Crippen molar-refractivity contribution in [2.45, 2.75) is 12.5 Å². The molecule has 0 spiro atoms. The molecule has 1 amide bonds. The second-order valence-corrected chi connectivity index (χ2v) is 9.23. The molecule has 0 aliphatic rings. The van der Waals surface area contributed by atoms with Gasteiger partial charge in [-0.15, -0.1) is 0 Å². The number of hydrogen-bond acceptors (Lipinski definition) is 5. The van der Waals surface area contributed by atoms with Gasteiger partial charge in [-0.1, -0.05) is 36.9 Å². The van der Waals surface area contributed by atoms with Gasteiger partial charge < -0.3 is 23.9 Å². The van der Waals surface area contributed by atoms with Gasteiger partial charge in [-0.25, -0.2) is 0 Å². The van der Waals surface area contributed by atoms with E-state index >= 15 is 0 Å². The summed E-state index contributed by atoms with van der Waals surface area (Å²) < 4.78 is 16.4. The van der Waals surface area contributed by atoms with Crippen molar-refractivity contribution in [1.82, 2.24) is 0 Å². The Bertz CT molecular complexity index is 768. The lowest BCUT2D eigenvalue weighted by molar-refractivity contribution is -0.111. The van der Waals surface area contributed by atoms with Gasteiger partial charge in [0.05, 0.1) is 0 Å². The van der Waals surface area contributed by atoms with Gasteiger partial charge in [0.15, 0.2) is 0 Å². The smallest absolute Gasteiger partial charge is 0.385 e. The Labute approximate surface area is 167 Å². The van der Waals surface area contributed by atoms with Crippen LogP contribution in [0.15, 0.2) is 61.2 Å². The van der Waals surface area contributed by atoms with Gasteiger partial charge in [0, 0.05) is 50.9 Å². The minimum atomic E-state index is -2.54. The monoisotopic (exact) mass is 400 g/mol. The Hall–Kier alpha value is -2.45. The molecule has 0 atom stereocenters. The average Bonchev–Trinajstić information content (AvgIpc) is 2.75. The highest BCUT2D eigenvalue weighted by molar-refractivity contribution is 6.60. The third-order valence-corrected chi connectivity index (χ3v) is 7.32. The van der Waals surface area contributed by atoms with Crippen molar-refractivity contribution >= 4 is 26.1 Å². The molecule has 28 heavy (non-hydrogen) atoms. The predicted octanol–water partition coefficient (Wildman–Crippen LogP) is 4.16. The summed E-state index contributed by atoms with van der Waals surface area (Å²) in [5.74, 6) is -0.224. The molecular formula is C21H28N2O4Si. The lowest BCUT2D eigenvalue weighted by Gasteiger charge is -2.24. The van der Waals surface area contributed by atoms with E-state index in [1.807, 2.05) is 36.4 Å². The topological polar surface area (TPSA) is 68.8 Å². The SMILES string of the molecule is C=CC(=O)Nc1ccc(-c2ccccc2NCCC[Si](OC)(OC)OC)cc1. The molecule has 0 saturated carbocycles. The van der Waals surface area contributed by atoms with E-state index in [0.29, 0.717) is 0 Å². The van der Waals surface area contributed by atoms with Crippen LogP contribution in [0.4, 0.5) is 11.4 Å². The van der Waals surface area contributed by atoms with Crippen molar-refractivity contribution in [3.05, 3.63) is 61.2 Å². The molecule has 0 radical (unpaired) electrons. The molecule has 2 N–H and O–H groups in total. The molecule has 0 bridgehead atoms. The van der Waals surface area contributed by atoms with Gasteiger partial charge in [-0.05, 0) is 36.3 Å². The van der Waals surface area contributed by atoms with E-state index in [0.717, 1.165) is 41.5 Å². The van der Waals surface area contributed by atoms with Crippen LogP contribution in [0.2, 0.25) is 6.04 Å². The Morgan fingerprint density at radius 1 is 1.04 bits per heavy atom. The number of hydrogen-bond donors (Lipinski definition) is 2. The van der Waals surface area contributed by atoms with Gasteiger partial charge in [0.25, 0.3) is 0 Å². The summed E-state index contributed by atoms with van der Waals surface area (Å²) in [6, 6.07) is 16.6. The molecule has 0 aliphatic heterocycles. The predicted molar refractivity (Wildman–Crippen MR) is 115 cm³/mol. The zero-order valence-electron chi connectivity index (χ0n) is 16.7. The number of carbonyl (C=O) groups excluding carboxylic acids is 1. The van der Waals surface area contributed by atoms with Crippen molar-refractivity contribution in [3.8, 4) is 11.1 Å². The molecule has 0 aliphatic carbocycles. The summed E-state index contributed by atoms with van der Waals surface area (Å²) in [5, 5.41) is 6.24. The molecule has 7 heteroatoms. The Morgan fingerprint density at radius 2 is 1.68 bits per heavy atom. The second-order valence-electron chi connectivity index (χ2n) is 6.14. The number of rotatable bonds is 11. The van der Waals surface area contributed by atoms with E-state index in [4.69, 9.17) is 13.3 Å². The fourth-order valence-electron chi connectivity index (χ4n) is 2.90. The maximum absolute atomic E-state index is 11.4. The van der Waals surface area contributed by atoms with E-state index in [9.17, 15) is 4.79 Å². The van der Waals surface area contributed by atoms with E-state index in [2.05, 4.69) is 29.3 Å². The van der Waals surface area contributed by atoms with E-state index in [-0.39, 0.29) is 5.91 Å². The van der Waals surface area contributed by atoms with Gasteiger partial charge in [0.2, 0.25) is 5.91 Å². The van der Waals surface area contributed by atoms with Crippen molar-refractivity contribution in [1.29, 1.82) is 0 Å². The summed E-state index contributed by atoms with van der Waals surface area (Å²) in [5.41, 5.74) is 3.94. The molecule has 2 rings (SSSR count). The molecule has 0 aromatic heterocycles. The van der Waals surface area contributed by atoms with Crippen molar-refractivity contribution < 1.29 is 18.1 Å². The van der Waals surface area contributed by atoms with E-state index in [1.54, 1.807) is 21.3 Å². The first kappa shape index (κ1) is 21.8. The summed E-state index contributed by atoms with van der Waals surface area (Å²) >= 11 is 0. The van der Waals surface area contributed by atoms with Crippen LogP contribution in [0.25, 0.3) is 11.1 Å². The Balaban J connectivity index is 2.03. The lowest BCUT2D eigenvalue weighted by Crippen LogP contribution is -2.42. The third-order valence-electron chi connectivity index (χ3n) is 4.48. The fourth-order valence-corrected chi connectivity index (χ4v) is 4.62. The van der Waals surface area contributed by atoms with Crippen molar-refractivity contribution in [3.63, 3.8) is 0 Å². The van der Waals surface area contributed by atoms with E-state index in [1.165, 1.54) is 6.08 Å². The minimum absolute atomic E-state index is 0.224. The number of nitrogens with one attached hydrogen (secondary N) is 2. The van der Waals surface area contributed by atoms with Crippen LogP contribution < -0.4 is 10.6 Å². The van der Waals surface area contributed by atoms with Gasteiger partial charge in [0.1, 0.15) is 0 Å². The number of carbonyl (C=O) groups is 1. The number of benzene rings is 2. The summed E-state index contributed by atoms with van der Waals surface area (Å²) in [6.45, 7) is 4.23. The quantitative estimate of drug-likeness (QED) is 0.337. The average molecular weight is 401 g/mol. The maximum Gasteiger partial charge on any atom is 0.500 e. The lowest BCUT2D eigenvalue weighted by atomic mass is 10.0. The first-order valence-electron chi connectivity index (χ1n) is 9.09. The largest absolute Gasteiger partial charge is 0.500 e. The normalized spacial score (nSPS) is 11.1. The molecule has 0 saturated heterocycles. The van der Waals surface area contributed by atoms with Crippen LogP contribution in [-0.2, 0) is 18.1 Å². The Morgan fingerprint density at radius 3 is 2.29 bits per heavy atom. The maximum atomic E-state index is 11.4. The molecule has 2 aromatic carbocycles. The summed E-state index contributed by atoms with van der Waals surface area (Å²) in [7, 11) is 2.35. The van der Waals surface area contributed by atoms with Gasteiger partial charge >= 0.3 is 8.80 Å². The first-order valence-corrected chi connectivity index (χ1v) is 11.0. The highest BCUT2D eigenvalue weighted by Crippen LogP contribution is 2.29. The van der Waals surface area contributed by atoms with Crippen LogP contribution in [0.1, 0.15) is 6.42 Å². The highest BCUT2D eigenvalue weighted by Gasteiger charge is 2.36. The molecule has 150 valence electrons. The van der Waals surface area contributed by atoms with Crippen molar-refractivity contribution in [2.75, 3.05) is 38.5 Å². The molecular weight excluding hydrogens is 372 g/mol. The van der Waals surface area contributed by atoms with E-state index < -0.39 is 8.80 Å². The van der Waals surface area contributed by atoms with Crippen LogP contribution in [0, 0.1) is 0 Å². The molecule has 6 nitrogen and oxygen atoms in total. The minimum Gasteiger partial charge on any atom is -0.385 e. The second kappa shape index (κ2) is 10.8. The van der Waals surface area contributed by atoms with Crippen LogP contribution in [0.3, 0.4) is 0 Å². The number of anilines is 2. The van der Waals surface area contributed by atoms with Crippen LogP contribution in [-0.4, -0.2) is 42.6 Å². The van der Waals surface area contributed by atoms with Gasteiger partial charge in [-0.3, -0.25) is 4.79 Å². The highest BCUT2D eigenvalue weighted by atomic mass is 28.4. The van der Waals surface area contributed by atoms with Crippen LogP contribution in [0.5, 0.6) is 0 Å². The number of amides is 1. The fraction of sp³-hybridized carbons (Fsp3) is 0.286. The molecule has 0 heterocycles. The molecule has 2 aromatic rings. The summed E-state index contributed by atoms with van der Waals surface area (Å²) in [6.07, 6.45) is 2.12. The first-order chi connectivity index (χ1) is 13.6. The zero-order valence-corrected chi connectivity index (χ0v) is 17.7. The van der Waals surface area contributed by atoms with Crippen LogP contribution >= 0.6 is 0 Å². The summed E-state index contributed by atoms with van der Waals surface area (Å²) in [4.78, 5) is 11.4. The zero-order chi connectivity index (χ0) is 20.4. The standard InChI is InChI=1S/C21H28N2O4Si/c1-5-21(24)23-18-13-11-17(12-14-18)19-9-6-7-10-20(19)22-15-8-16-28(25-2,26-3)27-4/h5-7,9-14,22H,1,8,15-16H2,2-4H3,(H,23,24).